The van der Waals surface area contributed by atoms with Crippen molar-refractivity contribution in [2.24, 2.45) is 0 Å². The van der Waals surface area contributed by atoms with Crippen LogP contribution in [-0.2, 0) is 0 Å². The standard InChI is InChI=1S/C16H13ClN4S/c1-8-7-19-15-13(5-3-10(18)14(8)15)22-16-20-11-4-2-9(17)6-12(11)21-16/h2-7,19H,18H2,1H3,(H,20,21). The average molecular weight is 329 g/mol. The van der Waals surface area contributed by atoms with Gasteiger partial charge < -0.3 is 15.7 Å². The number of H-pyrrole nitrogens is 2. The van der Waals surface area contributed by atoms with Crippen LogP contribution in [0.15, 0.2) is 46.6 Å². The fraction of sp³-hybridized carbons (Fsp3) is 0.0625. The minimum atomic E-state index is 0.686. The van der Waals surface area contributed by atoms with Crippen LogP contribution in [0.1, 0.15) is 5.56 Å². The summed E-state index contributed by atoms with van der Waals surface area (Å²) in [5.41, 5.74) is 10.9. The van der Waals surface area contributed by atoms with Crippen LogP contribution in [0.4, 0.5) is 5.69 Å². The number of aromatic amines is 2. The maximum absolute atomic E-state index is 6.07. The van der Waals surface area contributed by atoms with Gasteiger partial charge in [0, 0.05) is 27.2 Å². The molecular formula is C16H13ClN4S. The predicted octanol–water partition coefficient (Wildman–Crippen LogP) is 4.74. The fourth-order valence-electron chi connectivity index (χ4n) is 2.61. The van der Waals surface area contributed by atoms with Crippen molar-refractivity contribution in [1.82, 2.24) is 15.0 Å². The summed E-state index contributed by atoms with van der Waals surface area (Å²) in [4.78, 5) is 12.3. The number of fused-ring (bicyclic) bond motifs is 2. The third-order valence-corrected chi connectivity index (χ3v) is 4.84. The lowest BCUT2D eigenvalue weighted by molar-refractivity contribution is 1.08. The summed E-state index contributed by atoms with van der Waals surface area (Å²) >= 11 is 7.58. The van der Waals surface area contributed by atoms with E-state index in [-0.39, 0.29) is 0 Å². The fourth-order valence-corrected chi connectivity index (χ4v) is 3.69. The van der Waals surface area contributed by atoms with Gasteiger partial charge >= 0.3 is 0 Å². The SMILES string of the molecule is Cc1c[nH]c2c(Sc3nc4cc(Cl)ccc4[nH]3)ccc(N)c12. The molecule has 2 aromatic carbocycles. The Kier molecular flexibility index (Phi) is 3.06. The molecule has 22 heavy (non-hydrogen) atoms. The summed E-state index contributed by atoms with van der Waals surface area (Å²) in [6.07, 6.45) is 1.98. The molecule has 4 nitrogen and oxygen atoms in total. The molecule has 0 unspecified atom stereocenters. The second kappa shape index (κ2) is 4.97. The quantitative estimate of drug-likeness (QED) is 0.465. The summed E-state index contributed by atoms with van der Waals surface area (Å²) < 4.78 is 0. The van der Waals surface area contributed by atoms with Gasteiger partial charge in [0.1, 0.15) is 0 Å². The number of hydrogen-bond donors (Lipinski definition) is 3. The van der Waals surface area contributed by atoms with E-state index >= 15 is 0 Å². The van der Waals surface area contributed by atoms with E-state index < -0.39 is 0 Å². The van der Waals surface area contributed by atoms with Crippen molar-refractivity contribution in [3.63, 3.8) is 0 Å². The largest absolute Gasteiger partial charge is 0.398 e. The summed E-state index contributed by atoms with van der Waals surface area (Å²) in [5.74, 6) is 0. The van der Waals surface area contributed by atoms with Gasteiger partial charge in [-0.2, -0.15) is 0 Å². The molecule has 0 amide bonds. The number of rotatable bonds is 2. The molecule has 0 aliphatic carbocycles. The number of benzene rings is 2. The number of nitrogens with two attached hydrogens (primary N) is 1. The van der Waals surface area contributed by atoms with Gasteiger partial charge in [-0.05, 0) is 54.6 Å². The summed E-state index contributed by atoms with van der Waals surface area (Å²) in [5, 5.41) is 2.59. The van der Waals surface area contributed by atoms with E-state index in [2.05, 4.69) is 15.0 Å². The van der Waals surface area contributed by atoms with Crippen molar-refractivity contribution in [2.45, 2.75) is 17.0 Å². The van der Waals surface area contributed by atoms with Gasteiger partial charge in [-0.3, -0.25) is 0 Å². The first-order valence-corrected chi connectivity index (χ1v) is 8.00. The third kappa shape index (κ3) is 2.14. The first-order valence-electron chi connectivity index (χ1n) is 6.81. The molecule has 4 aromatic rings. The number of hydrogen-bond acceptors (Lipinski definition) is 3. The summed E-state index contributed by atoms with van der Waals surface area (Å²) in [6, 6.07) is 9.59. The van der Waals surface area contributed by atoms with Crippen molar-refractivity contribution >= 4 is 51.0 Å². The van der Waals surface area contributed by atoms with Gasteiger partial charge in [0.25, 0.3) is 0 Å². The Labute approximate surface area is 136 Å². The number of aryl methyl sites for hydroxylation is 1. The Morgan fingerprint density at radius 2 is 2.09 bits per heavy atom. The van der Waals surface area contributed by atoms with Crippen LogP contribution < -0.4 is 5.73 Å². The van der Waals surface area contributed by atoms with Crippen LogP contribution >= 0.6 is 23.4 Å². The molecule has 0 aliphatic rings. The van der Waals surface area contributed by atoms with E-state index in [1.54, 1.807) is 11.8 Å². The molecule has 0 radical (unpaired) electrons. The van der Waals surface area contributed by atoms with Crippen molar-refractivity contribution in [3.8, 4) is 0 Å². The number of nitrogens with zero attached hydrogens (tertiary/aromatic N) is 1. The number of anilines is 1. The van der Waals surface area contributed by atoms with E-state index in [4.69, 9.17) is 17.3 Å². The maximum Gasteiger partial charge on any atom is 0.171 e. The van der Waals surface area contributed by atoms with Crippen LogP contribution in [-0.4, -0.2) is 15.0 Å². The Bertz CT molecular complexity index is 1000. The molecular weight excluding hydrogens is 316 g/mol. The van der Waals surface area contributed by atoms with Gasteiger partial charge in [0.15, 0.2) is 5.16 Å². The average Bonchev–Trinajstić information content (AvgIpc) is 3.05. The van der Waals surface area contributed by atoms with Gasteiger partial charge in [-0.25, -0.2) is 4.98 Å². The number of aromatic nitrogens is 3. The molecule has 0 saturated carbocycles. The second-order valence-electron chi connectivity index (χ2n) is 5.18. The van der Waals surface area contributed by atoms with Crippen LogP contribution in [0.25, 0.3) is 21.9 Å². The molecule has 4 N–H and O–H groups in total. The molecule has 2 heterocycles. The van der Waals surface area contributed by atoms with Crippen molar-refractivity contribution in [2.75, 3.05) is 5.73 Å². The van der Waals surface area contributed by atoms with Crippen LogP contribution in [0.5, 0.6) is 0 Å². The molecule has 0 bridgehead atoms. The molecule has 0 fully saturated rings. The zero-order valence-electron chi connectivity index (χ0n) is 11.8. The third-order valence-electron chi connectivity index (χ3n) is 3.66. The van der Waals surface area contributed by atoms with E-state index in [0.29, 0.717) is 5.02 Å². The topological polar surface area (TPSA) is 70.5 Å². The number of nitrogen functional groups attached to an aromatic ring is 1. The lowest BCUT2D eigenvalue weighted by Gasteiger charge is -2.04. The number of halogens is 1. The molecule has 6 heteroatoms. The zero-order chi connectivity index (χ0) is 15.3. The summed E-state index contributed by atoms with van der Waals surface area (Å²) in [6.45, 7) is 2.05. The molecule has 0 atom stereocenters. The first-order chi connectivity index (χ1) is 10.6. The van der Waals surface area contributed by atoms with Crippen molar-refractivity contribution < 1.29 is 0 Å². The molecule has 0 aliphatic heterocycles. The van der Waals surface area contributed by atoms with E-state index in [1.807, 2.05) is 43.5 Å². The van der Waals surface area contributed by atoms with E-state index in [9.17, 15) is 0 Å². The predicted molar refractivity (Wildman–Crippen MR) is 92.7 cm³/mol. The van der Waals surface area contributed by atoms with Crippen LogP contribution in [0.3, 0.4) is 0 Å². The Hall–Kier alpha value is -2.11. The minimum absolute atomic E-state index is 0.686. The maximum atomic E-state index is 6.07. The highest BCUT2D eigenvalue weighted by Gasteiger charge is 2.12. The molecule has 0 spiro atoms. The molecule has 4 rings (SSSR count). The Morgan fingerprint density at radius 1 is 1.23 bits per heavy atom. The van der Waals surface area contributed by atoms with E-state index in [0.717, 1.165) is 43.2 Å². The van der Waals surface area contributed by atoms with E-state index in [1.165, 1.54) is 0 Å². The smallest absolute Gasteiger partial charge is 0.171 e. The lowest BCUT2D eigenvalue weighted by Crippen LogP contribution is -1.88. The van der Waals surface area contributed by atoms with Crippen molar-refractivity contribution in [1.29, 1.82) is 0 Å². The van der Waals surface area contributed by atoms with Crippen LogP contribution in [0, 0.1) is 6.92 Å². The van der Waals surface area contributed by atoms with Crippen LogP contribution in [0.2, 0.25) is 5.02 Å². The molecule has 0 saturated heterocycles. The Balaban J connectivity index is 1.80. The highest BCUT2D eigenvalue weighted by atomic mass is 35.5. The zero-order valence-corrected chi connectivity index (χ0v) is 13.3. The molecule has 110 valence electrons. The lowest BCUT2D eigenvalue weighted by atomic mass is 10.1. The second-order valence-corrected chi connectivity index (χ2v) is 6.65. The number of imidazole rings is 1. The minimum Gasteiger partial charge on any atom is -0.398 e. The van der Waals surface area contributed by atoms with Gasteiger partial charge in [0.2, 0.25) is 0 Å². The van der Waals surface area contributed by atoms with Gasteiger partial charge in [-0.1, -0.05) is 11.6 Å². The first kappa shape index (κ1) is 13.5. The highest BCUT2D eigenvalue weighted by molar-refractivity contribution is 7.99. The highest BCUT2D eigenvalue weighted by Crippen LogP contribution is 2.36. The van der Waals surface area contributed by atoms with Gasteiger partial charge in [-0.15, -0.1) is 0 Å². The van der Waals surface area contributed by atoms with Gasteiger partial charge in [0.05, 0.1) is 16.6 Å². The molecule has 2 aromatic heterocycles. The Morgan fingerprint density at radius 3 is 2.95 bits per heavy atom. The normalized spacial score (nSPS) is 11.5. The van der Waals surface area contributed by atoms with Crippen molar-refractivity contribution in [3.05, 3.63) is 47.1 Å². The number of nitrogens with one attached hydrogen (secondary N) is 2. The summed E-state index contributed by atoms with van der Waals surface area (Å²) in [7, 11) is 0. The monoisotopic (exact) mass is 328 g/mol.